The normalized spacial score (nSPS) is 12.6. The third kappa shape index (κ3) is 3.25. The largest absolute Gasteiger partial charge is 0.488 e. The van der Waals surface area contributed by atoms with Crippen molar-refractivity contribution in [3.63, 3.8) is 0 Å². The van der Waals surface area contributed by atoms with Crippen LogP contribution in [0.1, 0.15) is 11.1 Å². The number of fused-ring (bicyclic) bond motifs is 8. The Bertz CT molecular complexity index is 1050. The third-order valence-electron chi connectivity index (χ3n) is 5.04. The lowest BCUT2D eigenvalue weighted by atomic mass is 9.98. The van der Waals surface area contributed by atoms with E-state index in [9.17, 15) is 0 Å². The molecule has 2 heteroatoms. The van der Waals surface area contributed by atoms with Crippen LogP contribution in [0.15, 0.2) is 97.1 Å². The maximum Gasteiger partial charge on any atom is 0.127 e. The zero-order chi connectivity index (χ0) is 18.8. The van der Waals surface area contributed by atoms with Crippen LogP contribution in [0.4, 0.5) is 0 Å². The van der Waals surface area contributed by atoms with Crippen molar-refractivity contribution in [2.45, 2.75) is 13.2 Å². The fourth-order valence-corrected chi connectivity index (χ4v) is 3.65. The van der Waals surface area contributed by atoms with Crippen molar-refractivity contribution in [2.24, 2.45) is 0 Å². The predicted molar refractivity (Wildman–Crippen MR) is 112 cm³/mol. The van der Waals surface area contributed by atoms with Crippen LogP contribution in [0, 0.1) is 0 Å². The fraction of sp³-hybridized carbons (Fsp3) is 0.0769. The van der Waals surface area contributed by atoms with E-state index in [2.05, 4.69) is 72.8 Å². The highest BCUT2D eigenvalue weighted by Gasteiger charge is 2.11. The van der Waals surface area contributed by atoms with Crippen molar-refractivity contribution in [2.75, 3.05) is 0 Å². The molecule has 0 saturated heterocycles. The monoisotopic (exact) mass is 364 g/mol. The predicted octanol–water partition coefficient (Wildman–Crippen LogP) is 6.49. The molecule has 0 unspecified atom stereocenters. The molecule has 0 N–H and O–H groups in total. The second kappa shape index (κ2) is 7.24. The van der Waals surface area contributed by atoms with Crippen molar-refractivity contribution in [3.8, 4) is 33.8 Å². The van der Waals surface area contributed by atoms with Crippen molar-refractivity contribution in [1.82, 2.24) is 0 Å². The third-order valence-corrected chi connectivity index (χ3v) is 5.04. The number of hydrogen-bond donors (Lipinski definition) is 0. The van der Waals surface area contributed by atoms with E-state index in [0.29, 0.717) is 13.2 Å². The Morgan fingerprint density at radius 1 is 0.464 bits per heavy atom. The highest BCUT2D eigenvalue weighted by atomic mass is 16.5. The maximum atomic E-state index is 6.20. The molecule has 2 nitrogen and oxygen atoms in total. The van der Waals surface area contributed by atoms with Gasteiger partial charge in [-0.25, -0.2) is 0 Å². The number of ether oxygens (including phenoxy) is 2. The van der Waals surface area contributed by atoms with E-state index in [1.54, 1.807) is 0 Å². The van der Waals surface area contributed by atoms with E-state index in [4.69, 9.17) is 9.47 Å². The van der Waals surface area contributed by atoms with Gasteiger partial charge >= 0.3 is 0 Å². The minimum Gasteiger partial charge on any atom is -0.488 e. The van der Waals surface area contributed by atoms with Crippen LogP contribution < -0.4 is 9.47 Å². The molecule has 0 fully saturated rings. The second-order valence-electron chi connectivity index (χ2n) is 6.97. The highest BCUT2D eigenvalue weighted by molar-refractivity contribution is 5.78. The summed E-state index contributed by atoms with van der Waals surface area (Å²) >= 11 is 0. The first-order chi connectivity index (χ1) is 13.9. The first kappa shape index (κ1) is 16.6. The van der Waals surface area contributed by atoms with Gasteiger partial charge in [0.15, 0.2) is 0 Å². The van der Waals surface area contributed by atoms with Gasteiger partial charge in [0.2, 0.25) is 0 Å². The minimum absolute atomic E-state index is 0.529. The molecule has 1 heterocycles. The van der Waals surface area contributed by atoms with Crippen LogP contribution in [0.5, 0.6) is 11.5 Å². The van der Waals surface area contributed by atoms with Crippen molar-refractivity contribution in [1.29, 1.82) is 0 Å². The first-order valence-electron chi connectivity index (χ1n) is 9.49. The van der Waals surface area contributed by atoms with Gasteiger partial charge in [-0.15, -0.1) is 0 Å². The summed E-state index contributed by atoms with van der Waals surface area (Å²) < 4.78 is 12.4. The Kier molecular flexibility index (Phi) is 4.30. The molecular weight excluding hydrogens is 344 g/mol. The Balaban J connectivity index is 1.69. The molecule has 1 aliphatic heterocycles. The molecule has 28 heavy (non-hydrogen) atoms. The summed E-state index contributed by atoms with van der Waals surface area (Å²) in [4.78, 5) is 0. The molecule has 4 aromatic carbocycles. The molecule has 0 aromatic heterocycles. The average molecular weight is 364 g/mol. The average Bonchev–Trinajstić information content (AvgIpc) is 2.77. The second-order valence-corrected chi connectivity index (χ2v) is 6.97. The number of para-hydroxylation sites is 2. The Morgan fingerprint density at radius 3 is 1.54 bits per heavy atom. The zero-order valence-electron chi connectivity index (χ0n) is 15.5. The van der Waals surface area contributed by atoms with Gasteiger partial charge in [-0.05, 0) is 46.5 Å². The van der Waals surface area contributed by atoms with Gasteiger partial charge in [-0.3, -0.25) is 0 Å². The Labute approximate surface area is 165 Å². The van der Waals surface area contributed by atoms with Gasteiger partial charge in [0, 0.05) is 11.1 Å². The SMILES string of the molecule is c1cc2cc(c1)COc1ccccc1-c1cccc(c1)-c1ccccc1OC2. The molecule has 1 aliphatic rings. The summed E-state index contributed by atoms with van der Waals surface area (Å²) in [5.41, 5.74) is 6.72. The van der Waals surface area contributed by atoms with Gasteiger partial charge in [-0.2, -0.15) is 0 Å². The minimum atomic E-state index is 0.529. The van der Waals surface area contributed by atoms with Crippen LogP contribution in [-0.4, -0.2) is 0 Å². The molecular formula is C26H20O2. The first-order valence-corrected chi connectivity index (χ1v) is 9.49. The van der Waals surface area contributed by atoms with Gasteiger partial charge in [-0.1, -0.05) is 72.8 Å². The van der Waals surface area contributed by atoms with E-state index < -0.39 is 0 Å². The summed E-state index contributed by atoms with van der Waals surface area (Å²) in [6, 6.07) is 33.4. The summed E-state index contributed by atoms with van der Waals surface area (Å²) in [7, 11) is 0. The van der Waals surface area contributed by atoms with Crippen molar-refractivity contribution >= 4 is 0 Å². The lowest BCUT2D eigenvalue weighted by Crippen LogP contribution is -2.01. The Morgan fingerprint density at radius 2 is 0.964 bits per heavy atom. The number of benzene rings is 4. The molecule has 0 spiro atoms. The molecule has 5 rings (SSSR count). The van der Waals surface area contributed by atoms with E-state index in [-0.39, 0.29) is 0 Å². The number of hydrogen-bond acceptors (Lipinski definition) is 2. The number of rotatable bonds is 0. The lowest BCUT2D eigenvalue weighted by molar-refractivity contribution is 0.301. The van der Waals surface area contributed by atoms with Gasteiger partial charge < -0.3 is 9.47 Å². The van der Waals surface area contributed by atoms with Crippen molar-refractivity contribution < 1.29 is 9.47 Å². The summed E-state index contributed by atoms with van der Waals surface area (Å²) in [5.74, 6) is 1.79. The van der Waals surface area contributed by atoms with Crippen LogP contribution in [-0.2, 0) is 13.2 Å². The van der Waals surface area contributed by atoms with Crippen LogP contribution in [0.3, 0.4) is 0 Å². The van der Waals surface area contributed by atoms with Crippen LogP contribution in [0.25, 0.3) is 22.3 Å². The molecule has 0 saturated carbocycles. The van der Waals surface area contributed by atoms with E-state index in [0.717, 1.165) is 44.9 Å². The molecule has 0 amide bonds. The van der Waals surface area contributed by atoms with Crippen LogP contribution in [0.2, 0.25) is 0 Å². The Hall–Kier alpha value is -3.52. The standard InChI is InChI=1S/C26H20O2/c1-3-13-25-23(11-1)21-9-6-10-22(16-21)24-12-2-4-14-26(24)28-18-20-8-5-7-19(15-20)17-27-25/h1-16H,17-18H2. The smallest absolute Gasteiger partial charge is 0.127 e. The van der Waals surface area contributed by atoms with Crippen LogP contribution >= 0.6 is 0 Å². The van der Waals surface area contributed by atoms with Gasteiger partial charge in [0.05, 0.1) is 0 Å². The fourth-order valence-electron chi connectivity index (χ4n) is 3.65. The summed E-state index contributed by atoms with van der Waals surface area (Å²) in [5, 5.41) is 0. The molecule has 136 valence electrons. The summed E-state index contributed by atoms with van der Waals surface area (Å²) in [6.07, 6.45) is 0. The maximum absolute atomic E-state index is 6.20. The quantitative estimate of drug-likeness (QED) is 0.355. The molecule has 0 atom stereocenters. The van der Waals surface area contributed by atoms with Gasteiger partial charge in [0.1, 0.15) is 24.7 Å². The molecule has 4 bridgehead atoms. The lowest BCUT2D eigenvalue weighted by Gasteiger charge is -2.16. The molecule has 4 aromatic rings. The van der Waals surface area contributed by atoms with E-state index in [1.807, 2.05) is 24.3 Å². The van der Waals surface area contributed by atoms with E-state index in [1.165, 1.54) is 0 Å². The van der Waals surface area contributed by atoms with E-state index >= 15 is 0 Å². The summed E-state index contributed by atoms with van der Waals surface area (Å²) in [6.45, 7) is 1.06. The zero-order valence-corrected chi connectivity index (χ0v) is 15.5. The van der Waals surface area contributed by atoms with Crippen molar-refractivity contribution in [3.05, 3.63) is 108 Å². The van der Waals surface area contributed by atoms with Gasteiger partial charge in [0.25, 0.3) is 0 Å². The molecule has 0 aliphatic carbocycles. The molecule has 0 radical (unpaired) electrons. The highest BCUT2D eigenvalue weighted by Crippen LogP contribution is 2.36. The topological polar surface area (TPSA) is 18.5 Å².